The molecular formula is C6H11N3O3. The van der Waals surface area contributed by atoms with E-state index < -0.39 is 11.6 Å². The molecule has 0 aromatic carbocycles. The smallest absolute Gasteiger partial charge is 0.308 e. The first-order valence-corrected chi connectivity index (χ1v) is 3.32. The van der Waals surface area contributed by atoms with Gasteiger partial charge in [-0.25, -0.2) is 0 Å². The molecule has 0 rings (SSSR count). The van der Waals surface area contributed by atoms with Crippen LogP contribution in [0.2, 0.25) is 0 Å². The zero-order chi connectivity index (χ0) is 9.61. The summed E-state index contributed by atoms with van der Waals surface area (Å²) in [7, 11) is 1.23. The van der Waals surface area contributed by atoms with Crippen molar-refractivity contribution in [3.05, 3.63) is 10.4 Å². The van der Waals surface area contributed by atoms with Crippen LogP contribution >= 0.6 is 0 Å². The van der Waals surface area contributed by atoms with Crippen LogP contribution in [0, 0.1) is 0 Å². The maximum absolute atomic E-state index is 10.7. The molecule has 0 fully saturated rings. The number of azide groups is 1. The summed E-state index contributed by atoms with van der Waals surface area (Å²) < 4.78 is 4.33. The monoisotopic (exact) mass is 173 g/mol. The van der Waals surface area contributed by atoms with E-state index in [2.05, 4.69) is 14.8 Å². The molecule has 0 aliphatic rings. The van der Waals surface area contributed by atoms with E-state index in [1.807, 2.05) is 0 Å². The molecule has 12 heavy (non-hydrogen) atoms. The van der Waals surface area contributed by atoms with Crippen LogP contribution in [0.15, 0.2) is 5.11 Å². The van der Waals surface area contributed by atoms with Gasteiger partial charge in [0.15, 0.2) is 0 Å². The number of methoxy groups -OCH3 is 1. The standard InChI is InChI=1S/C6H11N3O3/c1-6(11,4-8-9-7)3-5(10)12-2/h11H,3-4H2,1-2H3/t6-/m0/s1. The molecule has 0 bridgehead atoms. The Bertz CT molecular complexity index is 208. The topological polar surface area (TPSA) is 95.3 Å². The molecule has 0 aromatic heterocycles. The predicted octanol–water partition coefficient (Wildman–Crippen LogP) is 0.611. The molecule has 0 heterocycles. The lowest BCUT2D eigenvalue weighted by Crippen LogP contribution is -2.31. The van der Waals surface area contributed by atoms with Crippen LogP contribution in [0.5, 0.6) is 0 Å². The van der Waals surface area contributed by atoms with Crippen LogP contribution in [0.1, 0.15) is 13.3 Å². The van der Waals surface area contributed by atoms with Crippen LogP contribution in [0.4, 0.5) is 0 Å². The number of ether oxygens (including phenoxy) is 1. The van der Waals surface area contributed by atoms with Crippen molar-refractivity contribution in [2.24, 2.45) is 5.11 Å². The summed E-state index contributed by atoms with van der Waals surface area (Å²) in [4.78, 5) is 13.1. The van der Waals surface area contributed by atoms with Crippen LogP contribution in [-0.2, 0) is 9.53 Å². The summed E-state index contributed by atoms with van der Waals surface area (Å²) in [5.41, 5.74) is 6.63. The minimum atomic E-state index is -1.32. The summed E-state index contributed by atoms with van der Waals surface area (Å²) in [6.45, 7) is 1.26. The third kappa shape index (κ3) is 4.54. The molecule has 0 aromatic rings. The van der Waals surface area contributed by atoms with Crippen molar-refractivity contribution in [1.29, 1.82) is 0 Å². The Hall–Kier alpha value is -1.26. The molecule has 0 amide bonds. The molecule has 0 unspecified atom stereocenters. The molecule has 0 aliphatic carbocycles. The average molecular weight is 173 g/mol. The molecule has 6 nitrogen and oxygen atoms in total. The van der Waals surface area contributed by atoms with Crippen molar-refractivity contribution in [1.82, 2.24) is 0 Å². The molecule has 1 N–H and O–H groups in total. The highest BCUT2D eigenvalue weighted by molar-refractivity contribution is 5.70. The summed E-state index contributed by atoms with van der Waals surface area (Å²) in [5.74, 6) is -0.534. The fourth-order valence-corrected chi connectivity index (χ4v) is 0.623. The minimum Gasteiger partial charge on any atom is -0.469 e. The van der Waals surface area contributed by atoms with Crippen LogP contribution in [0.25, 0.3) is 10.4 Å². The first-order chi connectivity index (χ1) is 5.52. The zero-order valence-electron chi connectivity index (χ0n) is 7.02. The summed E-state index contributed by atoms with van der Waals surface area (Å²) in [5, 5.41) is 12.5. The van der Waals surface area contributed by atoms with E-state index in [9.17, 15) is 9.90 Å². The normalized spacial score (nSPS) is 14.2. The van der Waals surface area contributed by atoms with Gasteiger partial charge >= 0.3 is 5.97 Å². The number of hydrogen-bond donors (Lipinski definition) is 1. The Labute approximate surface area is 69.8 Å². The summed E-state index contributed by atoms with van der Waals surface area (Å²) >= 11 is 0. The molecule has 0 aliphatic heterocycles. The van der Waals surface area contributed by atoms with E-state index in [0.717, 1.165) is 0 Å². The lowest BCUT2D eigenvalue weighted by molar-refractivity contribution is -0.145. The van der Waals surface area contributed by atoms with Gasteiger partial charge < -0.3 is 9.84 Å². The van der Waals surface area contributed by atoms with Gasteiger partial charge in [0.25, 0.3) is 0 Å². The average Bonchev–Trinajstić information content (AvgIpc) is 2.00. The number of carbonyl (C=O) groups excluding carboxylic acids is 1. The molecule has 0 saturated carbocycles. The Morgan fingerprint density at radius 1 is 1.83 bits per heavy atom. The Balaban J connectivity index is 4.02. The molecule has 6 heteroatoms. The highest BCUT2D eigenvalue weighted by atomic mass is 16.5. The van der Waals surface area contributed by atoms with Gasteiger partial charge in [-0.2, -0.15) is 0 Å². The third-order valence-corrected chi connectivity index (χ3v) is 1.23. The SMILES string of the molecule is COC(=O)C[C@](C)(O)CN=[N+]=[N-]. The van der Waals surface area contributed by atoms with Gasteiger partial charge in [-0.15, -0.1) is 0 Å². The fraction of sp³-hybridized carbons (Fsp3) is 0.833. The second kappa shape index (κ2) is 4.58. The van der Waals surface area contributed by atoms with E-state index >= 15 is 0 Å². The molecule has 1 atom stereocenters. The number of rotatable bonds is 4. The summed E-state index contributed by atoms with van der Waals surface area (Å²) in [6, 6.07) is 0. The van der Waals surface area contributed by atoms with Gasteiger partial charge in [-0.3, -0.25) is 4.79 Å². The van der Waals surface area contributed by atoms with E-state index in [4.69, 9.17) is 5.53 Å². The second-order valence-corrected chi connectivity index (χ2v) is 2.64. The highest BCUT2D eigenvalue weighted by Crippen LogP contribution is 2.10. The Kier molecular flexibility index (Phi) is 4.10. The molecule has 0 saturated heterocycles. The quantitative estimate of drug-likeness (QED) is 0.292. The fourth-order valence-electron chi connectivity index (χ4n) is 0.623. The highest BCUT2D eigenvalue weighted by Gasteiger charge is 2.23. The van der Waals surface area contributed by atoms with Crippen molar-refractivity contribution in [2.75, 3.05) is 13.7 Å². The lowest BCUT2D eigenvalue weighted by atomic mass is 10.0. The molecule has 0 radical (unpaired) electrons. The van der Waals surface area contributed by atoms with Crippen molar-refractivity contribution in [3.8, 4) is 0 Å². The Morgan fingerprint density at radius 3 is 2.83 bits per heavy atom. The van der Waals surface area contributed by atoms with Gasteiger partial charge in [0, 0.05) is 4.91 Å². The van der Waals surface area contributed by atoms with Crippen molar-refractivity contribution in [3.63, 3.8) is 0 Å². The summed E-state index contributed by atoms with van der Waals surface area (Å²) in [6.07, 6.45) is -0.178. The second-order valence-electron chi connectivity index (χ2n) is 2.64. The van der Waals surface area contributed by atoms with Crippen molar-refractivity contribution >= 4 is 5.97 Å². The maximum Gasteiger partial charge on any atom is 0.308 e. The van der Waals surface area contributed by atoms with Gasteiger partial charge in [0.1, 0.15) is 0 Å². The number of aliphatic hydroxyl groups is 1. The van der Waals surface area contributed by atoms with Crippen LogP contribution in [0.3, 0.4) is 0 Å². The van der Waals surface area contributed by atoms with Crippen molar-refractivity contribution < 1.29 is 14.6 Å². The maximum atomic E-state index is 10.7. The first-order valence-electron chi connectivity index (χ1n) is 3.32. The predicted molar refractivity (Wildman–Crippen MR) is 41.3 cm³/mol. The zero-order valence-corrected chi connectivity index (χ0v) is 7.02. The number of hydrogen-bond acceptors (Lipinski definition) is 4. The van der Waals surface area contributed by atoms with Crippen LogP contribution in [-0.4, -0.2) is 30.3 Å². The van der Waals surface area contributed by atoms with Crippen LogP contribution < -0.4 is 0 Å². The number of carbonyl (C=O) groups is 1. The molecule has 0 spiro atoms. The van der Waals surface area contributed by atoms with Gasteiger partial charge in [-0.05, 0) is 12.5 Å². The van der Waals surface area contributed by atoms with E-state index in [-0.39, 0.29) is 13.0 Å². The van der Waals surface area contributed by atoms with Gasteiger partial charge in [-0.1, -0.05) is 5.11 Å². The van der Waals surface area contributed by atoms with E-state index in [1.54, 1.807) is 0 Å². The van der Waals surface area contributed by atoms with E-state index in [1.165, 1.54) is 14.0 Å². The minimum absolute atomic E-state index is 0.140. The van der Waals surface area contributed by atoms with Gasteiger partial charge in [0.2, 0.25) is 0 Å². The molecule has 68 valence electrons. The van der Waals surface area contributed by atoms with E-state index in [0.29, 0.717) is 0 Å². The van der Waals surface area contributed by atoms with Crippen molar-refractivity contribution in [2.45, 2.75) is 18.9 Å². The first kappa shape index (κ1) is 10.7. The molecular weight excluding hydrogens is 162 g/mol. The largest absolute Gasteiger partial charge is 0.469 e. The number of nitrogens with zero attached hydrogens (tertiary/aromatic N) is 3. The lowest BCUT2D eigenvalue weighted by Gasteiger charge is -2.18. The number of esters is 1. The third-order valence-electron chi connectivity index (χ3n) is 1.23. The van der Waals surface area contributed by atoms with Gasteiger partial charge in [0.05, 0.1) is 25.7 Å². The Morgan fingerprint density at radius 2 is 2.42 bits per heavy atom.